The van der Waals surface area contributed by atoms with Gasteiger partial charge in [-0.25, -0.2) is 0 Å². The molecule has 0 aromatic heterocycles. The van der Waals surface area contributed by atoms with E-state index in [9.17, 15) is 9.90 Å². The van der Waals surface area contributed by atoms with E-state index in [4.69, 9.17) is 4.74 Å². The normalized spacial score (nSPS) is 33.6. The Morgan fingerprint density at radius 2 is 2.22 bits per heavy atom. The minimum absolute atomic E-state index is 0.0504. The molecule has 2 unspecified atom stereocenters. The summed E-state index contributed by atoms with van der Waals surface area (Å²) in [4.78, 5) is 11.8. The number of carbonyl (C=O) groups is 1. The van der Waals surface area contributed by atoms with E-state index in [1.807, 2.05) is 6.92 Å². The summed E-state index contributed by atoms with van der Waals surface area (Å²) in [5.74, 6) is 0.535. The molecule has 0 saturated carbocycles. The third-order valence-corrected chi connectivity index (χ3v) is 4.18. The maximum Gasteiger partial charge on any atom is 0.220 e. The van der Waals surface area contributed by atoms with Crippen LogP contribution < -0.4 is 10.6 Å². The van der Waals surface area contributed by atoms with Crippen molar-refractivity contribution in [2.24, 2.45) is 5.92 Å². The Kier molecular flexibility index (Phi) is 4.59. The van der Waals surface area contributed by atoms with Gasteiger partial charge in [-0.05, 0) is 38.8 Å². The highest BCUT2D eigenvalue weighted by Crippen LogP contribution is 2.25. The quantitative estimate of drug-likeness (QED) is 0.664. The molecular formula is C13H24N2O3. The first kappa shape index (κ1) is 13.8. The lowest BCUT2D eigenvalue weighted by atomic mass is 9.93. The highest BCUT2D eigenvalue weighted by Gasteiger charge is 2.39. The van der Waals surface area contributed by atoms with Crippen molar-refractivity contribution in [2.45, 2.75) is 44.3 Å². The van der Waals surface area contributed by atoms with Crippen molar-refractivity contribution in [3.63, 3.8) is 0 Å². The van der Waals surface area contributed by atoms with Crippen LogP contribution in [0.15, 0.2) is 0 Å². The molecule has 1 amide bonds. The first-order valence-corrected chi connectivity index (χ1v) is 6.91. The third-order valence-electron chi connectivity index (χ3n) is 4.18. The van der Waals surface area contributed by atoms with E-state index < -0.39 is 5.60 Å². The maximum atomic E-state index is 11.8. The second-order valence-electron chi connectivity index (χ2n) is 5.54. The van der Waals surface area contributed by atoms with Crippen LogP contribution in [0.1, 0.15) is 32.6 Å². The Hall–Kier alpha value is -0.650. The first-order chi connectivity index (χ1) is 8.60. The first-order valence-electron chi connectivity index (χ1n) is 6.91. The predicted molar refractivity (Wildman–Crippen MR) is 68.2 cm³/mol. The number of nitrogens with one attached hydrogen (secondary N) is 2. The topological polar surface area (TPSA) is 70.6 Å². The molecular weight excluding hydrogens is 232 g/mol. The SMILES string of the molecule is CC1OCCC1(O)CNC(=O)CC1CCNCC1. The molecule has 2 rings (SSSR count). The monoisotopic (exact) mass is 256 g/mol. The summed E-state index contributed by atoms with van der Waals surface area (Å²) in [6.45, 7) is 4.74. The Morgan fingerprint density at radius 3 is 2.83 bits per heavy atom. The number of hydrogen-bond acceptors (Lipinski definition) is 4. The molecule has 5 heteroatoms. The highest BCUT2D eigenvalue weighted by atomic mass is 16.5. The summed E-state index contributed by atoms with van der Waals surface area (Å²) in [7, 11) is 0. The molecule has 0 aliphatic carbocycles. The Morgan fingerprint density at radius 1 is 1.50 bits per heavy atom. The van der Waals surface area contributed by atoms with Gasteiger partial charge in [-0.2, -0.15) is 0 Å². The fourth-order valence-electron chi connectivity index (χ4n) is 2.67. The van der Waals surface area contributed by atoms with Gasteiger partial charge in [0.2, 0.25) is 5.91 Å². The van der Waals surface area contributed by atoms with E-state index in [2.05, 4.69) is 10.6 Å². The third kappa shape index (κ3) is 3.43. The fraction of sp³-hybridized carbons (Fsp3) is 0.923. The molecule has 2 aliphatic rings. The van der Waals surface area contributed by atoms with Crippen molar-refractivity contribution in [3.05, 3.63) is 0 Å². The number of aliphatic hydroxyl groups is 1. The predicted octanol–water partition coefficient (Wildman–Crippen LogP) is 0.0322. The molecule has 0 aromatic carbocycles. The molecule has 5 nitrogen and oxygen atoms in total. The molecule has 2 saturated heterocycles. The van der Waals surface area contributed by atoms with Crippen molar-refractivity contribution < 1.29 is 14.6 Å². The Balaban J connectivity index is 1.71. The van der Waals surface area contributed by atoms with E-state index in [0.29, 0.717) is 31.9 Å². The second kappa shape index (κ2) is 5.99. The maximum absolute atomic E-state index is 11.8. The average Bonchev–Trinajstić information content (AvgIpc) is 2.69. The van der Waals surface area contributed by atoms with Crippen LogP contribution in [0.3, 0.4) is 0 Å². The van der Waals surface area contributed by atoms with Gasteiger partial charge in [0.15, 0.2) is 0 Å². The molecule has 104 valence electrons. The van der Waals surface area contributed by atoms with E-state index in [1.54, 1.807) is 0 Å². The molecule has 18 heavy (non-hydrogen) atoms. The van der Waals surface area contributed by atoms with Crippen molar-refractivity contribution in [1.82, 2.24) is 10.6 Å². The number of piperidine rings is 1. The molecule has 3 N–H and O–H groups in total. The minimum atomic E-state index is -0.885. The zero-order valence-corrected chi connectivity index (χ0v) is 11.1. The molecule has 2 heterocycles. The molecule has 2 atom stereocenters. The van der Waals surface area contributed by atoms with Crippen molar-refractivity contribution in [2.75, 3.05) is 26.2 Å². The second-order valence-corrected chi connectivity index (χ2v) is 5.54. The molecule has 0 radical (unpaired) electrons. The smallest absolute Gasteiger partial charge is 0.220 e. The van der Waals surface area contributed by atoms with Gasteiger partial charge in [0, 0.05) is 26.0 Å². The van der Waals surface area contributed by atoms with Gasteiger partial charge in [-0.15, -0.1) is 0 Å². The summed E-state index contributed by atoms with van der Waals surface area (Å²) < 4.78 is 5.34. The van der Waals surface area contributed by atoms with E-state index in [0.717, 1.165) is 25.9 Å². The average molecular weight is 256 g/mol. The lowest BCUT2D eigenvalue weighted by Gasteiger charge is -2.27. The Bertz CT molecular complexity index is 292. The standard InChI is InChI=1S/C13H24N2O3/c1-10-13(17,4-7-18-10)9-15-12(16)8-11-2-5-14-6-3-11/h10-11,14,17H,2-9H2,1H3,(H,15,16). The summed E-state index contributed by atoms with van der Waals surface area (Å²) >= 11 is 0. The number of carbonyl (C=O) groups excluding carboxylic acids is 1. The van der Waals surface area contributed by atoms with Crippen LogP contribution in [-0.2, 0) is 9.53 Å². The molecule has 0 spiro atoms. The number of amides is 1. The van der Waals surface area contributed by atoms with Crippen LogP contribution in [0.4, 0.5) is 0 Å². The minimum Gasteiger partial charge on any atom is -0.385 e. The zero-order chi connectivity index (χ0) is 13.0. The zero-order valence-electron chi connectivity index (χ0n) is 11.1. The van der Waals surface area contributed by atoms with E-state index >= 15 is 0 Å². The molecule has 0 aromatic rings. The Labute approximate surface area is 108 Å². The van der Waals surface area contributed by atoms with Crippen LogP contribution in [0, 0.1) is 5.92 Å². The summed E-state index contributed by atoms with van der Waals surface area (Å²) in [5.41, 5.74) is -0.885. The van der Waals surface area contributed by atoms with Gasteiger partial charge in [0.1, 0.15) is 5.60 Å². The summed E-state index contributed by atoms with van der Waals surface area (Å²) in [6, 6.07) is 0. The van der Waals surface area contributed by atoms with Crippen molar-refractivity contribution in [1.29, 1.82) is 0 Å². The molecule has 2 aliphatic heterocycles. The van der Waals surface area contributed by atoms with Gasteiger partial charge in [0.05, 0.1) is 6.10 Å². The van der Waals surface area contributed by atoms with Crippen LogP contribution in [0.5, 0.6) is 0 Å². The largest absolute Gasteiger partial charge is 0.385 e. The van der Waals surface area contributed by atoms with Gasteiger partial charge < -0.3 is 20.5 Å². The van der Waals surface area contributed by atoms with Crippen molar-refractivity contribution >= 4 is 5.91 Å². The lowest BCUT2D eigenvalue weighted by Crippen LogP contribution is -2.47. The van der Waals surface area contributed by atoms with Crippen LogP contribution in [-0.4, -0.2) is 49.0 Å². The highest BCUT2D eigenvalue weighted by molar-refractivity contribution is 5.76. The van der Waals surface area contributed by atoms with Crippen LogP contribution >= 0.6 is 0 Å². The number of ether oxygens (including phenoxy) is 1. The van der Waals surface area contributed by atoms with E-state index in [1.165, 1.54) is 0 Å². The van der Waals surface area contributed by atoms with Gasteiger partial charge in [-0.3, -0.25) is 4.79 Å². The fourth-order valence-corrected chi connectivity index (χ4v) is 2.67. The molecule has 0 bridgehead atoms. The molecule has 2 fully saturated rings. The van der Waals surface area contributed by atoms with Crippen LogP contribution in [0.25, 0.3) is 0 Å². The van der Waals surface area contributed by atoms with E-state index in [-0.39, 0.29) is 12.0 Å². The number of rotatable bonds is 4. The van der Waals surface area contributed by atoms with Crippen molar-refractivity contribution in [3.8, 4) is 0 Å². The van der Waals surface area contributed by atoms with Gasteiger partial charge in [0.25, 0.3) is 0 Å². The van der Waals surface area contributed by atoms with Gasteiger partial charge in [-0.1, -0.05) is 0 Å². The summed E-state index contributed by atoms with van der Waals surface area (Å²) in [6.07, 6.45) is 3.11. The number of hydrogen-bond donors (Lipinski definition) is 3. The van der Waals surface area contributed by atoms with Crippen LogP contribution in [0.2, 0.25) is 0 Å². The van der Waals surface area contributed by atoms with Gasteiger partial charge >= 0.3 is 0 Å². The lowest BCUT2D eigenvalue weighted by molar-refractivity contribution is -0.124. The summed E-state index contributed by atoms with van der Waals surface area (Å²) in [5, 5.41) is 16.4.